The Morgan fingerprint density at radius 3 is 2.28 bits per heavy atom. The van der Waals surface area contributed by atoms with E-state index in [2.05, 4.69) is 40.7 Å². The third-order valence-electron chi connectivity index (χ3n) is 7.71. The molecule has 1 aromatic carbocycles. The first-order chi connectivity index (χ1) is 15.8. The molecule has 1 aliphatic carbocycles. The number of hydrogen-bond donors (Lipinski definition) is 0. The lowest BCUT2D eigenvalue weighted by molar-refractivity contribution is -0.129. The Hall–Kier alpha value is -1.84. The van der Waals surface area contributed by atoms with Crippen LogP contribution in [0.2, 0.25) is 0 Å². The minimum Gasteiger partial charge on any atom is -0.339 e. The summed E-state index contributed by atoms with van der Waals surface area (Å²) in [5.74, 6) is 1.74. The van der Waals surface area contributed by atoms with Crippen LogP contribution in [0.4, 0.5) is 0 Å². The van der Waals surface area contributed by atoms with Gasteiger partial charge in [0, 0.05) is 31.5 Å². The van der Waals surface area contributed by atoms with Gasteiger partial charge in [-0.3, -0.25) is 4.79 Å². The van der Waals surface area contributed by atoms with Crippen molar-refractivity contribution < 1.29 is 4.79 Å². The maximum absolute atomic E-state index is 12.8. The van der Waals surface area contributed by atoms with Crippen LogP contribution in [-0.2, 0) is 11.3 Å². The first-order valence-electron chi connectivity index (χ1n) is 13.5. The van der Waals surface area contributed by atoms with Crippen molar-refractivity contribution in [1.82, 2.24) is 14.5 Å². The summed E-state index contributed by atoms with van der Waals surface area (Å²) in [5.41, 5.74) is 2.33. The second-order valence-corrected chi connectivity index (χ2v) is 10.2. The van der Waals surface area contributed by atoms with Gasteiger partial charge in [-0.15, -0.1) is 0 Å². The Morgan fingerprint density at radius 2 is 1.56 bits per heavy atom. The van der Waals surface area contributed by atoms with Crippen molar-refractivity contribution in [2.24, 2.45) is 0 Å². The zero-order chi connectivity index (χ0) is 22.2. The zero-order valence-electron chi connectivity index (χ0n) is 20.2. The SMILES string of the molecule is CCCCCCCCCCCCn1c(C2CC(=O)N(C3CCCC3)C2)nc2ccccc21. The summed E-state index contributed by atoms with van der Waals surface area (Å²) < 4.78 is 2.44. The van der Waals surface area contributed by atoms with Crippen molar-refractivity contribution in [3.63, 3.8) is 0 Å². The number of hydrogen-bond acceptors (Lipinski definition) is 2. The van der Waals surface area contributed by atoms with E-state index < -0.39 is 0 Å². The Labute approximate surface area is 194 Å². The van der Waals surface area contributed by atoms with E-state index in [0.29, 0.717) is 18.4 Å². The van der Waals surface area contributed by atoms with E-state index in [1.165, 1.54) is 95.4 Å². The van der Waals surface area contributed by atoms with Gasteiger partial charge in [-0.05, 0) is 31.4 Å². The molecule has 1 amide bonds. The predicted molar refractivity (Wildman–Crippen MR) is 133 cm³/mol. The average Bonchev–Trinajstić information content (AvgIpc) is 3.53. The largest absolute Gasteiger partial charge is 0.339 e. The Balaban J connectivity index is 1.32. The summed E-state index contributed by atoms with van der Waals surface area (Å²) >= 11 is 0. The number of aromatic nitrogens is 2. The quantitative estimate of drug-likeness (QED) is 0.310. The summed E-state index contributed by atoms with van der Waals surface area (Å²) in [6, 6.07) is 9.00. The van der Waals surface area contributed by atoms with Crippen LogP contribution in [0.5, 0.6) is 0 Å². The molecule has 2 heterocycles. The number of nitrogens with zero attached hydrogens (tertiary/aromatic N) is 3. The molecule has 1 aromatic heterocycles. The standard InChI is InChI=1S/C28H43N3O/c1-2-3-4-5-6-7-8-9-10-15-20-30-26-19-14-13-18-25(26)29-28(30)23-21-27(32)31(22-23)24-16-11-12-17-24/h13-14,18-19,23-24H,2-12,15-17,20-22H2,1H3. The van der Waals surface area contributed by atoms with Gasteiger partial charge >= 0.3 is 0 Å². The smallest absolute Gasteiger partial charge is 0.223 e. The Kier molecular flexibility index (Phi) is 8.64. The molecule has 1 saturated heterocycles. The molecule has 0 N–H and O–H groups in total. The fraction of sp³-hybridized carbons (Fsp3) is 0.714. The number of benzene rings is 1. The van der Waals surface area contributed by atoms with Crippen molar-refractivity contribution in [1.29, 1.82) is 0 Å². The van der Waals surface area contributed by atoms with Crippen molar-refractivity contribution in [3.05, 3.63) is 30.1 Å². The minimum absolute atomic E-state index is 0.249. The number of fused-ring (bicyclic) bond motifs is 1. The molecule has 1 atom stereocenters. The van der Waals surface area contributed by atoms with Crippen LogP contribution in [-0.4, -0.2) is 32.9 Å². The lowest BCUT2D eigenvalue weighted by Gasteiger charge is -2.24. The van der Waals surface area contributed by atoms with Crippen LogP contribution >= 0.6 is 0 Å². The molecular formula is C28H43N3O. The molecule has 32 heavy (non-hydrogen) atoms. The normalized spacial score (nSPS) is 19.6. The third kappa shape index (κ3) is 5.74. The first-order valence-corrected chi connectivity index (χ1v) is 13.5. The maximum atomic E-state index is 12.8. The van der Waals surface area contributed by atoms with Crippen LogP contribution in [0, 0.1) is 0 Å². The molecule has 4 heteroatoms. The molecule has 0 spiro atoms. The van der Waals surface area contributed by atoms with Crippen LogP contribution < -0.4 is 0 Å². The molecule has 4 nitrogen and oxygen atoms in total. The number of likely N-dealkylation sites (tertiary alicyclic amines) is 1. The van der Waals surface area contributed by atoms with Crippen LogP contribution in [0.25, 0.3) is 11.0 Å². The molecule has 2 aromatic rings. The summed E-state index contributed by atoms with van der Waals surface area (Å²) in [6.45, 7) is 4.18. The highest BCUT2D eigenvalue weighted by Gasteiger charge is 2.38. The fourth-order valence-electron chi connectivity index (χ4n) is 5.87. The number of carbonyl (C=O) groups excluding carboxylic acids is 1. The average molecular weight is 438 g/mol. The van der Waals surface area contributed by atoms with Gasteiger partial charge in [-0.25, -0.2) is 4.98 Å². The topological polar surface area (TPSA) is 38.1 Å². The van der Waals surface area contributed by atoms with E-state index in [1.807, 2.05) is 0 Å². The molecule has 4 rings (SSSR count). The number of unbranched alkanes of at least 4 members (excludes halogenated alkanes) is 9. The number of amides is 1. The van der Waals surface area contributed by atoms with Crippen molar-refractivity contribution >= 4 is 16.9 Å². The Bertz CT molecular complexity index is 851. The van der Waals surface area contributed by atoms with Gasteiger partial charge in [0.15, 0.2) is 0 Å². The van der Waals surface area contributed by atoms with Gasteiger partial charge in [0.2, 0.25) is 5.91 Å². The summed E-state index contributed by atoms with van der Waals surface area (Å²) in [5, 5.41) is 0. The van der Waals surface area contributed by atoms with Crippen LogP contribution in [0.3, 0.4) is 0 Å². The summed E-state index contributed by atoms with van der Waals surface area (Å²) in [7, 11) is 0. The second-order valence-electron chi connectivity index (χ2n) is 10.2. The highest BCUT2D eigenvalue weighted by atomic mass is 16.2. The second kappa shape index (κ2) is 11.9. The fourth-order valence-corrected chi connectivity index (χ4v) is 5.87. The molecule has 1 saturated carbocycles. The van der Waals surface area contributed by atoms with Crippen molar-refractivity contribution in [2.45, 2.75) is 122 Å². The molecular weight excluding hydrogens is 394 g/mol. The van der Waals surface area contributed by atoms with Crippen molar-refractivity contribution in [3.8, 4) is 0 Å². The molecule has 176 valence electrons. The molecule has 1 unspecified atom stereocenters. The van der Waals surface area contributed by atoms with E-state index in [4.69, 9.17) is 4.98 Å². The summed E-state index contributed by atoms with van der Waals surface area (Å²) in [4.78, 5) is 20.0. The van der Waals surface area contributed by atoms with Gasteiger partial charge in [0.05, 0.1) is 11.0 Å². The van der Waals surface area contributed by atoms with Crippen LogP contribution in [0.15, 0.2) is 24.3 Å². The lowest BCUT2D eigenvalue weighted by atomic mass is 10.1. The van der Waals surface area contributed by atoms with Crippen molar-refractivity contribution in [2.75, 3.05) is 6.54 Å². The summed E-state index contributed by atoms with van der Waals surface area (Å²) in [6.07, 6.45) is 19.1. The highest BCUT2D eigenvalue weighted by Crippen LogP contribution is 2.35. The Morgan fingerprint density at radius 1 is 0.906 bits per heavy atom. The maximum Gasteiger partial charge on any atom is 0.223 e. The van der Waals surface area contributed by atoms with Gasteiger partial charge in [-0.2, -0.15) is 0 Å². The predicted octanol–water partition coefficient (Wildman–Crippen LogP) is 7.22. The molecule has 2 fully saturated rings. The third-order valence-corrected chi connectivity index (χ3v) is 7.71. The highest BCUT2D eigenvalue weighted by molar-refractivity contribution is 5.81. The number of para-hydroxylation sites is 2. The monoisotopic (exact) mass is 437 g/mol. The first kappa shape index (κ1) is 23.3. The van der Waals surface area contributed by atoms with E-state index in [0.717, 1.165) is 24.4 Å². The molecule has 1 aliphatic heterocycles. The van der Waals surface area contributed by atoms with Gasteiger partial charge in [0.1, 0.15) is 5.82 Å². The molecule has 0 radical (unpaired) electrons. The van der Waals surface area contributed by atoms with Gasteiger partial charge in [-0.1, -0.05) is 89.7 Å². The van der Waals surface area contributed by atoms with E-state index in [-0.39, 0.29) is 5.92 Å². The molecule has 0 bridgehead atoms. The van der Waals surface area contributed by atoms with Gasteiger partial charge in [0.25, 0.3) is 0 Å². The zero-order valence-corrected chi connectivity index (χ0v) is 20.2. The number of rotatable bonds is 13. The minimum atomic E-state index is 0.249. The number of imidazole rings is 1. The number of carbonyl (C=O) groups is 1. The van der Waals surface area contributed by atoms with E-state index in [9.17, 15) is 4.79 Å². The molecule has 2 aliphatic rings. The lowest BCUT2D eigenvalue weighted by Crippen LogP contribution is -2.34. The van der Waals surface area contributed by atoms with E-state index >= 15 is 0 Å². The van der Waals surface area contributed by atoms with E-state index in [1.54, 1.807) is 0 Å². The number of aryl methyl sites for hydroxylation is 1. The van der Waals surface area contributed by atoms with Gasteiger partial charge < -0.3 is 9.47 Å². The van der Waals surface area contributed by atoms with Crippen LogP contribution in [0.1, 0.15) is 115 Å².